The zero-order chi connectivity index (χ0) is 29.1. The van der Waals surface area contributed by atoms with Crippen LogP contribution in [0.4, 0.5) is 5.82 Å². The quantitative estimate of drug-likeness (QED) is 0.119. The molecule has 3 rings (SSSR count). The van der Waals surface area contributed by atoms with E-state index in [1.807, 2.05) is 40.8 Å². The number of nitrogens with zero attached hydrogens (tertiary/aromatic N) is 3. The van der Waals surface area contributed by atoms with Crippen molar-refractivity contribution in [1.82, 2.24) is 20.0 Å². The molecule has 0 fully saturated rings. The number of thioether (sulfide) groups is 1. The predicted molar refractivity (Wildman–Crippen MR) is 173 cm³/mol. The molecule has 0 saturated carbocycles. The standard InChI is InChI=1S/C32H51N5O3S/c1-3-5-7-8-9-10-11-14-24-41-25-15-19-29(38)34-20-21-39-22-23-40-37-28(18-6-4-2)36-30-31(37)26-16-12-13-17-27(26)35-32(30)33/h12-13,16-17H,3-11,14-15,18-25H2,1-2H3,(H2,33,35)(H,34,38). The molecule has 0 bridgehead atoms. The van der Waals surface area contributed by atoms with Crippen LogP contribution in [0.25, 0.3) is 21.9 Å². The molecule has 2 heterocycles. The van der Waals surface area contributed by atoms with Gasteiger partial charge in [-0.25, -0.2) is 9.97 Å². The number of imidazole rings is 1. The van der Waals surface area contributed by atoms with E-state index in [1.54, 1.807) is 0 Å². The Balaban J connectivity index is 1.28. The third-order valence-corrected chi connectivity index (χ3v) is 8.31. The third-order valence-electron chi connectivity index (χ3n) is 7.15. The van der Waals surface area contributed by atoms with Crippen LogP contribution in [0.5, 0.6) is 0 Å². The normalized spacial score (nSPS) is 11.5. The Labute approximate surface area is 250 Å². The second-order valence-corrected chi connectivity index (χ2v) is 11.8. The van der Waals surface area contributed by atoms with E-state index in [9.17, 15) is 4.79 Å². The minimum atomic E-state index is 0.0982. The summed E-state index contributed by atoms with van der Waals surface area (Å²) in [5.41, 5.74) is 8.59. The molecule has 3 N–H and O–H groups in total. The van der Waals surface area contributed by atoms with Crippen molar-refractivity contribution in [3.63, 3.8) is 0 Å². The number of hydrogen-bond donors (Lipinski definition) is 2. The van der Waals surface area contributed by atoms with Gasteiger partial charge in [-0.15, -0.1) is 0 Å². The van der Waals surface area contributed by atoms with Crippen LogP contribution < -0.4 is 15.9 Å². The average Bonchev–Trinajstić information content (AvgIpc) is 3.35. The number of rotatable bonds is 23. The first kappa shape index (κ1) is 33.0. The van der Waals surface area contributed by atoms with E-state index in [0.29, 0.717) is 44.1 Å². The van der Waals surface area contributed by atoms with Crippen molar-refractivity contribution in [3.05, 3.63) is 30.1 Å². The topological polar surface area (TPSA) is 104 Å². The number of nitrogens with one attached hydrogen (secondary N) is 1. The number of fused-ring (bicyclic) bond motifs is 3. The molecule has 41 heavy (non-hydrogen) atoms. The highest BCUT2D eigenvalue weighted by Crippen LogP contribution is 2.28. The van der Waals surface area contributed by atoms with Crippen LogP contribution in [0.1, 0.15) is 96.7 Å². The Morgan fingerprint density at radius 3 is 2.44 bits per heavy atom. The fourth-order valence-electron chi connectivity index (χ4n) is 4.87. The summed E-state index contributed by atoms with van der Waals surface area (Å²) < 4.78 is 7.54. The van der Waals surface area contributed by atoms with E-state index in [1.165, 1.54) is 57.1 Å². The Hall–Kier alpha value is -2.52. The SMILES string of the molecule is CCCCCCCCCCSCCCC(=O)NCCOCCOn1c(CCCC)nc2c(N)nc3ccccc3c21. The monoisotopic (exact) mass is 585 g/mol. The Morgan fingerprint density at radius 2 is 1.63 bits per heavy atom. The highest BCUT2D eigenvalue weighted by molar-refractivity contribution is 7.99. The van der Waals surface area contributed by atoms with Crippen LogP contribution >= 0.6 is 11.8 Å². The van der Waals surface area contributed by atoms with Gasteiger partial charge in [-0.3, -0.25) is 4.79 Å². The molecule has 0 spiro atoms. The maximum absolute atomic E-state index is 12.1. The molecule has 228 valence electrons. The molecule has 8 nitrogen and oxygen atoms in total. The van der Waals surface area contributed by atoms with Crippen molar-refractivity contribution in [2.75, 3.05) is 43.6 Å². The van der Waals surface area contributed by atoms with Crippen molar-refractivity contribution in [1.29, 1.82) is 0 Å². The first-order chi connectivity index (χ1) is 20.2. The van der Waals surface area contributed by atoms with E-state index in [2.05, 4.69) is 24.1 Å². The fourth-order valence-corrected chi connectivity index (χ4v) is 5.83. The van der Waals surface area contributed by atoms with E-state index < -0.39 is 0 Å². The molecule has 1 aromatic carbocycles. The van der Waals surface area contributed by atoms with Gasteiger partial charge < -0.3 is 20.6 Å². The van der Waals surface area contributed by atoms with Crippen LogP contribution in [-0.4, -0.2) is 58.5 Å². The molecule has 2 aromatic heterocycles. The summed E-state index contributed by atoms with van der Waals surface area (Å²) >= 11 is 1.97. The molecular formula is C32H51N5O3S. The fraction of sp³-hybridized carbons (Fsp3) is 0.656. The number of aromatic nitrogens is 3. The maximum atomic E-state index is 12.1. The molecule has 9 heteroatoms. The van der Waals surface area contributed by atoms with Crippen molar-refractivity contribution < 1.29 is 14.4 Å². The van der Waals surface area contributed by atoms with Crippen LogP contribution in [-0.2, 0) is 16.0 Å². The lowest BCUT2D eigenvalue weighted by molar-refractivity contribution is -0.121. The molecule has 0 aliphatic carbocycles. The minimum absolute atomic E-state index is 0.0982. The van der Waals surface area contributed by atoms with Gasteiger partial charge in [0.1, 0.15) is 23.5 Å². The first-order valence-electron chi connectivity index (χ1n) is 15.8. The zero-order valence-electron chi connectivity index (χ0n) is 25.3. The number of carbonyl (C=O) groups excluding carboxylic acids is 1. The molecule has 1 amide bonds. The van der Waals surface area contributed by atoms with Gasteiger partial charge in [0, 0.05) is 24.8 Å². The van der Waals surface area contributed by atoms with Gasteiger partial charge in [0.15, 0.2) is 5.82 Å². The molecule has 0 aliphatic heterocycles. The number of carbonyl (C=O) groups is 1. The number of unbranched alkanes of at least 4 members (excludes halogenated alkanes) is 8. The second kappa shape index (κ2) is 19.6. The van der Waals surface area contributed by atoms with E-state index in [4.69, 9.17) is 20.3 Å². The third kappa shape index (κ3) is 11.3. The van der Waals surface area contributed by atoms with Gasteiger partial charge in [-0.2, -0.15) is 16.5 Å². The number of anilines is 1. The summed E-state index contributed by atoms with van der Waals surface area (Å²) in [5.74, 6) is 3.61. The summed E-state index contributed by atoms with van der Waals surface area (Å²) in [4.78, 5) is 27.6. The van der Waals surface area contributed by atoms with Gasteiger partial charge in [0.05, 0.1) is 18.7 Å². The van der Waals surface area contributed by atoms with Gasteiger partial charge in [0.2, 0.25) is 5.91 Å². The molecule has 0 aliphatic rings. The lowest BCUT2D eigenvalue weighted by Gasteiger charge is -2.13. The zero-order valence-corrected chi connectivity index (χ0v) is 26.1. The molecule has 0 saturated heterocycles. The minimum Gasteiger partial charge on any atom is -0.410 e. The number of amides is 1. The average molecular weight is 586 g/mol. The molecule has 3 aromatic rings. The van der Waals surface area contributed by atoms with E-state index in [-0.39, 0.29) is 5.91 Å². The predicted octanol–water partition coefficient (Wildman–Crippen LogP) is 6.72. The van der Waals surface area contributed by atoms with Gasteiger partial charge in [0.25, 0.3) is 0 Å². The highest BCUT2D eigenvalue weighted by Gasteiger charge is 2.18. The Morgan fingerprint density at radius 1 is 0.902 bits per heavy atom. The van der Waals surface area contributed by atoms with Crippen molar-refractivity contribution in [3.8, 4) is 0 Å². The smallest absolute Gasteiger partial charge is 0.220 e. The highest BCUT2D eigenvalue weighted by atomic mass is 32.2. The summed E-state index contributed by atoms with van der Waals surface area (Å²) in [6, 6.07) is 7.90. The van der Waals surface area contributed by atoms with Gasteiger partial charge >= 0.3 is 0 Å². The summed E-state index contributed by atoms with van der Waals surface area (Å²) in [5, 5.41) is 3.92. The summed E-state index contributed by atoms with van der Waals surface area (Å²) in [6.45, 7) is 6.16. The van der Waals surface area contributed by atoms with Crippen LogP contribution in [0.15, 0.2) is 24.3 Å². The van der Waals surface area contributed by atoms with Gasteiger partial charge in [-0.05, 0) is 36.8 Å². The number of para-hydroxylation sites is 1. The number of hydrogen-bond acceptors (Lipinski definition) is 7. The number of aryl methyl sites for hydroxylation is 1. The molecular weight excluding hydrogens is 534 g/mol. The number of ether oxygens (including phenoxy) is 1. The van der Waals surface area contributed by atoms with Crippen LogP contribution in [0, 0.1) is 0 Å². The lowest BCUT2D eigenvalue weighted by Crippen LogP contribution is -2.28. The summed E-state index contributed by atoms with van der Waals surface area (Å²) in [6.07, 6.45) is 15.2. The maximum Gasteiger partial charge on any atom is 0.220 e. The first-order valence-corrected chi connectivity index (χ1v) is 16.9. The number of nitrogens with two attached hydrogens (primary N) is 1. The second-order valence-electron chi connectivity index (χ2n) is 10.6. The molecule has 0 unspecified atom stereocenters. The Kier molecular flexibility index (Phi) is 15.7. The molecule has 0 atom stereocenters. The van der Waals surface area contributed by atoms with Gasteiger partial charge in [-0.1, -0.05) is 83.4 Å². The van der Waals surface area contributed by atoms with Crippen molar-refractivity contribution >= 4 is 45.4 Å². The number of nitrogen functional groups attached to an aromatic ring is 1. The van der Waals surface area contributed by atoms with Crippen LogP contribution in [0.2, 0.25) is 0 Å². The van der Waals surface area contributed by atoms with Crippen LogP contribution in [0.3, 0.4) is 0 Å². The largest absolute Gasteiger partial charge is 0.410 e. The van der Waals surface area contributed by atoms with Crippen molar-refractivity contribution in [2.45, 2.75) is 97.3 Å². The van der Waals surface area contributed by atoms with E-state index >= 15 is 0 Å². The lowest BCUT2D eigenvalue weighted by atomic mass is 10.1. The summed E-state index contributed by atoms with van der Waals surface area (Å²) in [7, 11) is 0. The number of benzene rings is 1. The number of pyridine rings is 1. The molecule has 0 radical (unpaired) electrons. The Bertz CT molecular complexity index is 1170. The van der Waals surface area contributed by atoms with E-state index in [0.717, 1.165) is 53.7 Å². The van der Waals surface area contributed by atoms with Crippen molar-refractivity contribution in [2.24, 2.45) is 0 Å².